The quantitative estimate of drug-likeness (QED) is 0.738. The van der Waals surface area contributed by atoms with Gasteiger partial charge in [0.1, 0.15) is 6.73 Å². The molecule has 1 aliphatic heterocycles. The second-order valence-electron chi connectivity index (χ2n) is 5.53. The van der Waals surface area contributed by atoms with Crippen LogP contribution in [0.25, 0.3) is 11.3 Å². The van der Waals surface area contributed by atoms with Crippen LogP contribution in [0, 0.1) is 0 Å². The smallest absolute Gasteiger partial charge is 0.178 e. The lowest BCUT2D eigenvalue weighted by atomic mass is 10.1. The molecular formula is C18H17N5O. The van der Waals surface area contributed by atoms with Gasteiger partial charge in [-0.1, -0.05) is 12.1 Å². The van der Waals surface area contributed by atoms with Gasteiger partial charge in [-0.25, -0.2) is 9.97 Å². The molecule has 4 rings (SSSR count). The largest absolute Gasteiger partial charge is 0.364 e. The highest BCUT2D eigenvalue weighted by Gasteiger charge is 2.28. The van der Waals surface area contributed by atoms with Gasteiger partial charge in [0, 0.05) is 38.3 Å². The van der Waals surface area contributed by atoms with Crippen molar-refractivity contribution in [2.45, 2.75) is 0 Å². The lowest BCUT2D eigenvalue weighted by molar-refractivity contribution is 0.205. The van der Waals surface area contributed by atoms with Crippen LogP contribution in [-0.2, 0) is 4.74 Å². The maximum Gasteiger partial charge on any atom is 0.178 e. The molecule has 0 aliphatic carbocycles. The highest BCUT2D eigenvalue weighted by atomic mass is 16.5. The number of rotatable bonds is 3. The maximum atomic E-state index is 5.40. The summed E-state index contributed by atoms with van der Waals surface area (Å²) in [7, 11) is 3.67. The molecule has 0 amide bonds. The number of aromatic nitrogens is 3. The van der Waals surface area contributed by atoms with E-state index in [1.807, 2.05) is 35.0 Å². The van der Waals surface area contributed by atoms with Gasteiger partial charge in [0.05, 0.1) is 17.1 Å². The molecule has 0 atom stereocenters. The molecule has 1 aliphatic rings. The average Bonchev–Trinajstić information content (AvgIpc) is 2.65. The van der Waals surface area contributed by atoms with Gasteiger partial charge < -0.3 is 9.64 Å². The molecule has 3 aromatic rings. The van der Waals surface area contributed by atoms with Crippen LogP contribution in [0.3, 0.4) is 0 Å². The minimum Gasteiger partial charge on any atom is -0.364 e. The first-order valence-corrected chi connectivity index (χ1v) is 7.66. The van der Waals surface area contributed by atoms with E-state index < -0.39 is 0 Å². The molecule has 1 aromatic carbocycles. The summed E-state index contributed by atoms with van der Waals surface area (Å²) in [5.74, 6) is 1.60. The van der Waals surface area contributed by atoms with Crippen LogP contribution < -0.4 is 9.80 Å². The zero-order valence-corrected chi connectivity index (χ0v) is 13.5. The number of hydrogen-bond acceptors (Lipinski definition) is 6. The summed E-state index contributed by atoms with van der Waals surface area (Å²) in [6, 6.07) is 12.2. The van der Waals surface area contributed by atoms with Gasteiger partial charge in [0.15, 0.2) is 11.6 Å². The second-order valence-corrected chi connectivity index (χ2v) is 5.53. The minimum absolute atomic E-state index is 0.401. The molecule has 0 fully saturated rings. The van der Waals surface area contributed by atoms with E-state index in [1.54, 1.807) is 25.7 Å². The first-order valence-electron chi connectivity index (χ1n) is 7.66. The Hall–Kier alpha value is -2.99. The molecule has 24 heavy (non-hydrogen) atoms. The van der Waals surface area contributed by atoms with E-state index >= 15 is 0 Å². The van der Waals surface area contributed by atoms with Gasteiger partial charge in [0.25, 0.3) is 0 Å². The number of benzene rings is 1. The molecular weight excluding hydrogens is 302 g/mol. The molecule has 2 aromatic heterocycles. The monoisotopic (exact) mass is 319 g/mol. The van der Waals surface area contributed by atoms with E-state index in [9.17, 15) is 0 Å². The molecule has 0 radical (unpaired) electrons. The number of anilines is 4. The number of hydrogen-bond donors (Lipinski definition) is 0. The van der Waals surface area contributed by atoms with E-state index in [-0.39, 0.29) is 0 Å². The predicted octanol–water partition coefficient (Wildman–Crippen LogP) is 3.36. The average molecular weight is 319 g/mol. The fraction of sp³-hybridized carbons (Fsp3) is 0.167. The lowest BCUT2D eigenvalue weighted by Gasteiger charge is -2.36. The molecule has 0 spiro atoms. The molecule has 0 saturated carbocycles. The van der Waals surface area contributed by atoms with Crippen LogP contribution in [0.1, 0.15) is 0 Å². The molecule has 0 bridgehead atoms. The van der Waals surface area contributed by atoms with Crippen molar-refractivity contribution in [2.75, 3.05) is 30.7 Å². The number of methoxy groups -OCH3 is 1. The fourth-order valence-corrected chi connectivity index (χ4v) is 2.95. The number of nitrogens with zero attached hydrogens (tertiary/aromatic N) is 5. The van der Waals surface area contributed by atoms with Gasteiger partial charge in [-0.05, 0) is 24.3 Å². The zero-order chi connectivity index (χ0) is 16.5. The van der Waals surface area contributed by atoms with Crippen LogP contribution in [0.4, 0.5) is 23.0 Å². The Kier molecular flexibility index (Phi) is 3.59. The molecule has 6 nitrogen and oxygen atoms in total. The van der Waals surface area contributed by atoms with Crippen molar-refractivity contribution >= 4 is 23.0 Å². The predicted molar refractivity (Wildman–Crippen MR) is 93.8 cm³/mol. The van der Waals surface area contributed by atoms with E-state index in [0.717, 1.165) is 34.3 Å². The zero-order valence-electron chi connectivity index (χ0n) is 13.5. The van der Waals surface area contributed by atoms with Crippen molar-refractivity contribution in [1.82, 2.24) is 15.0 Å². The molecule has 0 saturated heterocycles. The fourth-order valence-electron chi connectivity index (χ4n) is 2.95. The van der Waals surface area contributed by atoms with Gasteiger partial charge in [-0.15, -0.1) is 0 Å². The molecule has 6 heteroatoms. The lowest BCUT2D eigenvalue weighted by Crippen LogP contribution is -2.30. The maximum absolute atomic E-state index is 5.40. The van der Waals surface area contributed by atoms with Crippen LogP contribution in [0.15, 0.2) is 55.0 Å². The van der Waals surface area contributed by atoms with Crippen LogP contribution >= 0.6 is 0 Å². The van der Waals surface area contributed by atoms with Gasteiger partial charge in [-0.2, -0.15) is 0 Å². The molecule has 120 valence electrons. The Balaban J connectivity index is 1.88. The van der Waals surface area contributed by atoms with Gasteiger partial charge in [0.2, 0.25) is 0 Å². The highest BCUT2D eigenvalue weighted by Crippen LogP contribution is 2.45. The third-order valence-electron chi connectivity index (χ3n) is 4.08. The van der Waals surface area contributed by atoms with Crippen molar-refractivity contribution < 1.29 is 4.74 Å². The van der Waals surface area contributed by atoms with Crippen LogP contribution in [0.2, 0.25) is 0 Å². The first kappa shape index (κ1) is 14.6. The third-order valence-corrected chi connectivity index (χ3v) is 4.08. The second kappa shape index (κ2) is 5.90. The summed E-state index contributed by atoms with van der Waals surface area (Å²) >= 11 is 0. The summed E-state index contributed by atoms with van der Waals surface area (Å²) in [6.45, 7) is 0.401. The SMILES string of the molecule is COCN1c2cc(-c3ccccn3)ccc2N(C)c2nccnc21. The Labute approximate surface area is 140 Å². The molecule has 3 heterocycles. The Morgan fingerprint density at radius 1 is 0.917 bits per heavy atom. The summed E-state index contributed by atoms with van der Waals surface area (Å²) < 4.78 is 5.40. The van der Waals surface area contributed by atoms with Crippen LogP contribution in [0.5, 0.6) is 0 Å². The number of pyridine rings is 1. The van der Waals surface area contributed by atoms with E-state index in [0.29, 0.717) is 6.73 Å². The number of ether oxygens (including phenoxy) is 1. The summed E-state index contributed by atoms with van der Waals surface area (Å²) in [5.41, 5.74) is 4.07. The van der Waals surface area contributed by atoms with Gasteiger partial charge >= 0.3 is 0 Å². The number of fused-ring (bicyclic) bond motifs is 2. The van der Waals surface area contributed by atoms with Crippen molar-refractivity contribution in [3.05, 3.63) is 55.0 Å². The van der Waals surface area contributed by atoms with Crippen LogP contribution in [-0.4, -0.2) is 35.8 Å². The minimum atomic E-state index is 0.401. The summed E-state index contributed by atoms with van der Waals surface area (Å²) in [6.07, 6.45) is 5.20. The summed E-state index contributed by atoms with van der Waals surface area (Å²) in [5, 5.41) is 0. The Morgan fingerprint density at radius 3 is 2.50 bits per heavy atom. The van der Waals surface area contributed by atoms with Crippen molar-refractivity contribution in [2.24, 2.45) is 0 Å². The topological polar surface area (TPSA) is 54.4 Å². The van der Waals surface area contributed by atoms with Crippen molar-refractivity contribution in [3.63, 3.8) is 0 Å². The van der Waals surface area contributed by atoms with E-state index in [4.69, 9.17) is 4.74 Å². The van der Waals surface area contributed by atoms with E-state index in [2.05, 4.69) is 33.2 Å². The van der Waals surface area contributed by atoms with Crippen molar-refractivity contribution in [1.29, 1.82) is 0 Å². The molecule has 0 N–H and O–H groups in total. The molecule has 0 unspecified atom stereocenters. The van der Waals surface area contributed by atoms with Crippen molar-refractivity contribution in [3.8, 4) is 11.3 Å². The third kappa shape index (κ3) is 2.28. The highest BCUT2D eigenvalue weighted by molar-refractivity contribution is 5.91. The normalized spacial score (nSPS) is 12.8. The standard InChI is InChI=1S/C18H17N5O/c1-22-15-7-6-13(14-5-3-4-8-19-14)11-16(15)23(12-24-2)18-17(22)20-9-10-21-18/h3-11H,12H2,1-2H3. The Bertz CT molecular complexity index is 868. The first-order chi connectivity index (χ1) is 11.8. The Morgan fingerprint density at radius 2 is 1.75 bits per heavy atom. The van der Waals surface area contributed by atoms with Gasteiger partial charge in [-0.3, -0.25) is 9.88 Å². The van der Waals surface area contributed by atoms with E-state index in [1.165, 1.54) is 0 Å². The summed E-state index contributed by atoms with van der Waals surface area (Å²) in [4.78, 5) is 17.5.